The average molecular weight is 282 g/mol. The summed E-state index contributed by atoms with van der Waals surface area (Å²) in [6, 6.07) is 0. The van der Waals surface area contributed by atoms with E-state index in [4.69, 9.17) is 9.47 Å². The van der Waals surface area contributed by atoms with E-state index in [1.54, 1.807) is 0 Å². The van der Waals surface area contributed by atoms with Crippen molar-refractivity contribution in [3.05, 3.63) is 12.2 Å². The fourth-order valence-corrected chi connectivity index (χ4v) is 3.34. The molecule has 2 rings (SSSR count). The van der Waals surface area contributed by atoms with Gasteiger partial charge in [0.25, 0.3) is 0 Å². The molecule has 2 fully saturated rings. The predicted octanol–water partition coefficient (Wildman–Crippen LogP) is 3.66. The highest BCUT2D eigenvalue weighted by Gasteiger charge is 2.31. The van der Waals surface area contributed by atoms with E-state index in [9.17, 15) is 5.11 Å². The van der Waals surface area contributed by atoms with E-state index in [0.29, 0.717) is 12.5 Å². The molecule has 1 N–H and O–H groups in total. The van der Waals surface area contributed by atoms with E-state index in [2.05, 4.69) is 19.1 Å². The van der Waals surface area contributed by atoms with Crippen molar-refractivity contribution in [2.75, 3.05) is 6.61 Å². The number of rotatable bonds is 5. The van der Waals surface area contributed by atoms with Crippen LogP contribution in [0.25, 0.3) is 0 Å². The van der Waals surface area contributed by atoms with Gasteiger partial charge in [-0.15, -0.1) is 0 Å². The third-order valence-electron chi connectivity index (χ3n) is 4.58. The van der Waals surface area contributed by atoms with Gasteiger partial charge < -0.3 is 14.6 Å². The summed E-state index contributed by atoms with van der Waals surface area (Å²) in [6.45, 7) is 6.68. The Morgan fingerprint density at radius 3 is 2.55 bits per heavy atom. The molecule has 1 saturated carbocycles. The summed E-state index contributed by atoms with van der Waals surface area (Å²) in [5.41, 5.74) is 0. The SMILES string of the molecule is C[C@H](/C=C\C[C@@H]1COC(C)(C)O1)[C@@H](O)C1CCCCC1. The summed E-state index contributed by atoms with van der Waals surface area (Å²) >= 11 is 0. The fourth-order valence-electron chi connectivity index (χ4n) is 3.34. The molecule has 2 aliphatic rings. The zero-order chi connectivity index (χ0) is 14.6. The van der Waals surface area contributed by atoms with Crippen LogP contribution in [0.3, 0.4) is 0 Å². The summed E-state index contributed by atoms with van der Waals surface area (Å²) in [6.07, 6.45) is 11.4. The lowest BCUT2D eigenvalue weighted by Gasteiger charge is -2.29. The molecule has 3 nitrogen and oxygen atoms in total. The lowest BCUT2D eigenvalue weighted by molar-refractivity contribution is -0.137. The minimum absolute atomic E-state index is 0.153. The Labute approximate surface area is 123 Å². The molecule has 3 heteroatoms. The van der Waals surface area contributed by atoms with Crippen molar-refractivity contribution < 1.29 is 14.6 Å². The van der Waals surface area contributed by atoms with Crippen LogP contribution in [0.1, 0.15) is 59.3 Å². The van der Waals surface area contributed by atoms with Gasteiger partial charge in [-0.2, -0.15) is 0 Å². The quantitative estimate of drug-likeness (QED) is 0.782. The van der Waals surface area contributed by atoms with Crippen molar-refractivity contribution in [1.82, 2.24) is 0 Å². The van der Waals surface area contributed by atoms with Gasteiger partial charge in [-0.3, -0.25) is 0 Å². The molecule has 0 unspecified atom stereocenters. The van der Waals surface area contributed by atoms with Crippen LogP contribution in [0, 0.1) is 11.8 Å². The van der Waals surface area contributed by atoms with E-state index in [0.717, 1.165) is 6.42 Å². The highest BCUT2D eigenvalue weighted by atomic mass is 16.7. The molecule has 0 radical (unpaired) electrons. The van der Waals surface area contributed by atoms with Gasteiger partial charge in [0.15, 0.2) is 5.79 Å². The monoisotopic (exact) mass is 282 g/mol. The van der Waals surface area contributed by atoms with Crippen molar-refractivity contribution in [2.45, 2.75) is 77.3 Å². The van der Waals surface area contributed by atoms with Crippen molar-refractivity contribution in [2.24, 2.45) is 11.8 Å². The number of ether oxygens (including phenoxy) is 2. The summed E-state index contributed by atoms with van der Waals surface area (Å²) < 4.78 is 11.3. The molecule has 0 aromatic carbocycles. The minimum Gasteiger partial charge on any atom is -0.392 e. The Morgan fingerprint density at radius 2 is 1.95 bits per heavy atom. The first-order chi connectivity index (χ1) is 9.48. The van der Waals surface area contributed by atoms with Gasteiger partial charge in [-0.1, -0.05) is 38.3 Å². The van der Waals surface area contributed by atoms with E-state index in [1.807, 2.05) is 13.8 Å². The molecular formula is C17H30O3. The fraction of sp³-hybridized carbons (Fsp3) is 0.882. The van der Waals surface area contributed by atoms with E-state index >= 15 is 0 Å². The van der Waals surface area contributed by atoms with E-state index in [-0.39, 0.29) is 18.1 Å². The average Bonchev–Trinajstić information content (AvgIpc) is 2.78. The molecule has 0 spiro atoms. The van der Waals surface area contributed by atoms with Crippen LogP contribution >= 0.6 is 0 Å². The molecule has 0 aromatic heterocycles. The van der Waals surface area contributed by atoms with Crippen LogP contribution in [-0.2, 0) is 9.47 Å². The standard InChI is InChI=1S/C17H30O3/c1-13(16(18)14-9-5-4-6-10-14)8-7-11-15-12-19-17(2,3)20-15/h7-8,13-16,18H,4-6,9-12H2,1-3H3/b8-7-/t13-,15-,16-/m1/s1. The normalized spacial score (nSPS) is 30.7. The molecule has 116 valence electrons. The topological polar surface area (TPSA) is 38.7 Å². The molecule has 0 amide bonds. The van der Waals surface area contributed by atoms with Crippen LogP contribution in [0.2, 0.25) is 0 Å². The third kappa shape index (κ3) is 4.57. The van der Waals surface area contributed by atoms with Crippen molar-refractivity contribution in [3.63, 3.8) is 0 Å². The first kappa shape index (κ1) is 16.0. The van der Waals surface area contributed by atoms with Crippen molar-refractivity contribution >= 4 is 0 Å². The van der Waals surface area contributed by atoms with Gasteiger partial charge in [0.1, 0.15) is 0 Å². The lowest BCUT2D eigenvalue weighted by atomic mass is 9.81. The largest absolute Gasteiger partial charge is 0.392 e. The number of hydrogen-bond donors (Lipinski definition) is 1. The first-order valence-electron chi connectivity index (χ1n) is 8.14. The number of hydrogen-bond acceptors (Lipinski definition) is 3. The van der Waals surface area contributed by atoms with E-state index < -0.39 is 5.79 Å². The lowest BCUT2D eigenvalue weighted by Crippen LogP contribution is -2.28. The Bertz CT molecular complexity index is 318. The molecule has 3 atom stereocenters. The van der Waals surface area contributed by atoms with Gasteiger partial charge in [0.05, 0.1) is 18.8 Å². The second-order valence-electron chi connectivity index (χ2n) is 6.86. The number of aliphatic hydroxyl groups excluding tert-OH is 1. The van der Waals surface area contributed by atoms with Crippen LogP contribution < -0.4 is 0 Å². The smallest absolute Gasteiger partial charge is 0.163 e. The van der Waals surface area contributed by atoms with Crippen LogP contribution in [0.5, 0.6) is 0 Å². The van der Waals surface area contributed by atoms with Gasteiger partial charge in [0, 0.05) is 5.92 Å². The van der Waals surface area contributed by atoms with Gasteiger partial charge >= 0.3 is 0 Å². The van der Waals surface area contributed by atoms with Crippen LogP contribution in [-0.4, -0.2) is 29.7 Å². The second-order valence-corrected chi connectivity index (χ2v) is 6.86. The molecule has 1 aliphatic heterocycles. The van der Waals surface area contributed by atoms with Crippen LogP contribution in [0.4, 0.5) is 0 Å². The maximum absolute atomic E-state index is 10.4. The number of aliphatic hydroxyl groups is 1. The molecule has 0 aromatic rings. The zero-order valence-electron chi connectivity index (χ0n) is 13.2. The molecule has 1 heterocycles. The first-order valence-corrected chi connectivity index (χ1v) is 8.14. The minimum atomic E-state index is -0.439. The maximum Gasteiger partial charge on any atom is 0.163 e. The van der Waals surface area contributed by atoms with Gasteiger partial charge in [0.2, 0.25) is 0 Å². The molecule has 1 saturated heterocycles. The summed E-state index contributed by atoms with van der Waals surface area (Å²) in [5.74, 6) is 0.285. The summed E-state index contributed by atoms with van der Waals surface area (Å²) in [4.78, 5) is 0. The van der Waals surface area contributed by atoms with Crippen LogP contribution in [0.15, 0.2) is 12.2 Å². The Kier molecular flexibility index (Phi) is 5.65. The van der Waals surface area contributed by atoms with Gasteiger partial charge in [-0.05, 0) is 39.0 Å². The summed E-state index contributed by atoms with van der Waals surface area (Å²) in [5, 5.41) is 10.4. The highest BCUT2D eigenvalue weighted by Crippen LogP contribution is 2.30. The van der Waals surface area contributed by atoms with E-state index in [1.165, 1.54) is 32.1 Å². The zero-order valence-corrected chi connectivity index (χ0v) is 13.2. The third-order valence-corrected chi connectivity index (χ3v) is 4.58. The Balaban J connectivity index is 1.73. The molecular weight excluding hydrogens is 252 g/mol. The molecule has 20 heavy (non-hydrogen) atoms. The molecule has 0 bridgehead atoms. The molecule has 1 aliphatic carbocycles. The Morgan fingerprint density at radius 1 is 1.25 bits per heavy atom. The summed E-state index contributed by atoms with van der Waals surface area (Å²) in [7, 11) is 0. The Hall–Kier alpha value is -0.380. The van der Waals surface area contributed by atoms with Crippen molar-refractivity contribution in [1.29, 1.82) is 0 Å². The highest BCUT2D eigenvalue weighted by molar-refractivity contribution is 4.94. The predicted molar refractivity (Wildman–Crippen MR) is 80.4 cm³/mol. The second kappa shape index (κ2) is 7.06. The maximum atomic E-state index is 10.4. The van der Waals surface area contributed by atoms with Crippen molar-refractivity contribution in [3.8, 4) is 0 Å². The van der Waals surface area contributed by atoms with Gasteiger partial charge in [-0.25, -0.2) is 0 Å².